The molecule has 37 heavy (non-hydrogen) atoms. The lowest BCUT2D eigenvalue weighted by Gasteiger charge is -2.31. The van der Waals surface area contributed by atoms with Crippen molar-refractivity contribution in [3.05, 3.63) is 42.3 Å². The van der Waals surface area contributed by atoms with Crippen molar-refractivity contribution in [2.24, 2.45) is 5.73 Å². The number of primary amides is 1. The molecule has 2 amide bonds. The highest BCUT2D eigenvalue weighted by atomic mass is 16.5. The molecular weight excluding hydrogens is 476 g/mol. The highest BCUT2D eigenvalue weighted by molar-refractivity contribution is 5.97. The van der Waals surface area contributed by atoms with Crippen molar-refractivity contribution in [1.82, 2.24) is 19.9 Å². The molecule has 4 heterocycles. The standard InChI is InChI=1S/C25H30N8O4/c1-32(2)13-20(34)33-9-4-5-14-11-19(36-3)17(12-18(14)33)29-25-30-23-15(6-8-27-23)24(31-25)28-16-7-10-37-21(16)22(26)35/h6-8,10-12,16,21H,4-5,9,13H2,1-3H3,(H2,26,35)(H3,27,28,29,30,31). The summed E-state index contributed by atoms with van der Waals surface area (Å²) in [6.07, 6.45) is 5.82. The quantitative estimate of drug-likeness (QED) is 0.358. The van der Waals surface area contributed by atoms with Crippen LogP contribution in [0.4, 0.5) is 23.1 Å². The van der Waals surface area contributed by atoms with Crippen LogP contribution in [0.25, 0.3) is 11.0 Å². The van der Waals surface area contributed by atoms with Crippen molar-refractivity contribution in [3.8, 4) is 5.75 Å². The maximum Gasteiger partial charge on any atom is 0.260 e. The van der Waals surface area contributed by atoms with E-state index in [9.17, 15) is 9.59 Å². The van der Waals surface area contributed by atoms with Crippen LogP contribution in [-0.2, 0) is 20.7 Å². The lowest BCUT2D eigenvalue weighted by molar-refractivity contribution is -0.125. The first-order chi connectivity index (χ1) is 17.8. The third kappa shape index (κ3) is 4.87. The lowest BCUT2D eigenvalue weighted by atomic mass is 10.00. The Balaban J connectivity index is 1.49. The molecule has 2 aliphatic rings. The van der Waals surface area contributed by atoms with E-state index >= 15 is 0 Å². The molecule has 194 valence electrons. The number of amides is 2. The van der Waals surface area contributed by atoms with Gasteiger partial charge in [0, 0.05) is 18.4 Å². The van der Waals surface area contributed by atoms with Crippen LogP contribution in [0.2, 0.25) is 0 Å². The first-order valence-corrected chi connectivity index (χ1v) is 12.0. The molecular formula is C25H30N8O4. The van der Waals surface area contributed by atoms with E-state index in [0.29, 0.717) is 41.9 Å². The van der Waals surface area contributed by atoms with Crippen LogP contribution < -0.4 is 26.0 Å². The number of rotatable bonds is 8. The monoisotopic (exact) mass is 506 g/mol. The third-order valence-electron chi connectivity index (χ3n) is 6.36. The molecule has 2 aromatic heterocycles. The zero-order chi connectivity index (χ0) is 26.1. The van der Waals surface area contributed by atoms with Gasteiger partial charge in [0.1, 0.15) is 17.2 Å². The van der Waals surface area contributed by atoms with Crippen molar-refractivity contribution in [2.45, 2.75) is 25.0 Å². The van der Waals surface area contributed by atoms with E-state index in [2.05, 4.69) is 25.6 Å². The van der Waals surface area contributed by atoms with Crippen molar-refractivity contribution in [3.63, 3.8) is 0 Å². The van der Waals surface area contributed by atoms with Crippen molar-refractivity contribution < 1.29 is 19.1 Å². The number of nitrogens with two attached hydrogens (primary N) is 1. The summed E-state index contributed by atoms with van der Waals surface area (Å²) in [5.41, 5.74) is 8.59. The van der Waals surface area contributed by atoms with Crippen LogP contribution in [0, 0.1) is 0 Å². The van der Waals surface area contributed by atoms with E-state index in [1.807, 2.05) is 42.1 Å². The van der Waals surface area contributed by atoms with Gasteiger partial charge >= 0.3 is 0 Å². The molecule has 5 N–H and O–H groups in total. The Labute approximate surface area is 213 Å². The van der Waals surface area contributed by atoms with Gasteiger partial charge < -0.3 is 40.6 Å². The summed E-state index contributed by atoms with van der Waals surface area (Å²) in [6.45, 7) is 0.976. The topological polar surface area (TPSA) is 151 Å². The number of methoxy groups -OCH3 is 1. The number of aromatic amines is 1. The number of hydrogen-bond donors (Lipinski definition) is 4. The number of carbonyl (C=O) groups excluding carboxylic acids is 2. The Hall–Kier alpha value is -4.32. The van der Waals surface area contributed by atoms with Crippen LogP contribution in [0.15, 0.2) is 36.7 Å². The number of H-pyrrole nitrogens is 1. The molecule has 0 radical (unpaired) electrons. The zero-order valence-corrected chi connectivity index (χ0v) is 20.9. The lowest BCUT2D eigenvalue weighted by Crippen LogP contribution is -2.40. The number of aryl methyl sites for hydroxylation is 1. The maximum absolute atomic E-state index is 12.9. The van der Waals surface area contributed by atoms with Crippen LogP contribution >= 0.6 is 0 Å². The van der Waals surface area contributed by atoms with Gasteiger partial charge in [-0.1, -0.05) is 0 Å². The van der Waals surface area contributed by atoms with E-state index in [0.717, 1.165) is 29.5 Å². The highest BCUT2D eigenvalue weighted by Gasteiger charge is 2.31. The van der Waals surface area contributed by atoms with Gasteiger partial charge in [-0.2, -0.15) is 9.97 Å². The molecule has 2 aliphatic heterocycles. The van der Waals surface area contributed by atoms with E-state index in [1.54, 1.807) is 19.4 Å². The Kier molecular flexibility index (Phi) is 6.57. The molecule has 0 aliphatic carbocycles. The number of likely N-dealkylation sites (N-methyl/N-ethyl adjacent to an activating group) is 1. The van der Waals surface area contributed by atoms with Gasteiger partial charge in [0.25, 0.3) is 5.91 Å². The van der Waals surface area contributed by atoms with E-state index in [-0.39, 0.29) is 5.91 Å². The minimum atomic E-state index is -0.841. The summed E-state index contributed by atoms with van der Waals surface area (Å²) in [5.74, 6) is 0.878. The average Bonchev–Trinajstić information content (AvgIpc) is 3.52. The first-order valence-electron chi connectivity index (χ1n) is 12.0. The van der Waals surface area contributed by atoms with Crippen LogP contribution in [0.1, 0.15) is 12.0 Å². The summed E-state index contributed by atoms with van der Waals surface area (Å²) in [6, 6.07) is 5.23. The Morgan fingerprint density at radius 3 is 2.92 bits per heavy atom. The number of benzene rings is 1. The molecule has 0 fully saturated rings. The fourth-order valence-corrected chi connectivity index (χ4v) is 4.65. The second-order valence-corrected chi connectivity index (χ2v) is 9.29. The molecule has 0 bridgehead atoms. The molecule has 0 saturated carbocycles. The van der Waals surface area contributed by atoms with E-state index < -0.39 is 18.1 Å². The van der Waals surface area contributed by atoms with Gasteiger partial charge in [0.05, 0.1) is 37.0 Å². The molecule has 2 unspecified atom stereocenters. The third-order valence-corrected chi connectivity index (χ3v) is 6.36. The SMILES string of the molecule is COc1cc2c(cc1Nc1nc(NC3C=COC3C(N)=O)c3cc[nH]c3n1)N(C(=O)CN(C)C)CCC2. The largest absolute Gasteiger partial charge is 0.495 e. The number of ether oxygens (including phenoxy) is 2. The zero-order valence-electron chi connectivity index (χ0n) is 20.9. The Bertz CT molecular complexity index is 1370. The van der Waals surface area contributed by atoms with Gasteiger partial charge in [-0.3, -0.25) is 9.59 Å². The van der Waals surface area contributed by atoms with Gasteiger partial charge in [-0.15, -0.1) is 0 Å². The minimum Gasteiger partial charge on any atom is -0.495 e. The van der Waals surface area contributed by atoms with Crippen LogP contribution in [0.3, 0.4) is 0 Å². The molecule has 0 saturated heterocycles. The minimum absolute atomic E-state index is 0.0356. The predicted octanol–water partition coefficient (Wildman–Crippen LogP) is 1.73. The molecule has 2 atom stereocenters. The van der Waals surface area contributed by atoms with Crippen LogP contribution in [0.5, 0.6) is 5.75 Å². The fraction of sp³-hybridized carbons (Fsp3) is 0.360. The summed E-state index contributed by atoms with van der Waals surface area (Å²) in [4.78, 5) is 40.8. The second-order valence-electron chi connectivity index (χ2n) is 9.29. The van der Waals surface area contributed by atoms with Crippen LogP contribution in [-0.4, -0.2) is 78.1 Å². The predicted molar refractivity (Wildman–Crippen MR) is 140 cm³/mol. The maximum atomic E-state index is 12.9. The van der Waals surface area contributed by atoms with Crippen molar-refractivity contribution in [2.75, 3.05) is 49.8 Å². The Morgan fingerprint density at radius 2 is 2.16 bits per heavy atom. The van der Waals surface area contributed by atoms with Gasteiger partial charge in [-0.25, -0.2) is 0 Å². The number of carbonyl (C=O) groups is 2. The Morgan fingerprint density at radius 1 is 1.32 bits per heavy atom. The van der Waals surface area contributed by atoms with Crippen molar-refractivity contribution >= 4 is 46.0 Å². The fourth-order valence-electron chi connectivity index (χ4n) is 4.65. The number of fused-ring (bicyclic) bond motifs is 2. The normalized spacial score (nSPS) is 18.5. The molecule has 12 heteroatoms. The van der Waals surface area contributed by atoms with Gasteiger partial charge in [-0.05, 0) is 56.8 Å². The van der Waals surface area contributed by atoms with Crippen molar-refractivity contribution in [1.29, 1.82) is 0 Å². The number of nitrogens with one attached hydrogen (secondary N) is 3. The number of aromatic nitrogens is 3. The molecule has 12 nitrogen and oxygen atoms in total. The molecule has 0 spiro atoms. The van der Waals surface area contributed by atoms with E-state index in [4.69, 9.17) is 15.2 Å². The van der Waals surface area contributed by atoms with E-state index in [1.165, 1.54) is 6.26 Å². The number of anilines is 4. The van der Waals surface area contributed by atoms with Gasteiger partial charge in [0.15, 0.2) is 6.10 Å². The summed E-state index contributed by atoms with van der Waals surface area (Å²) < 4.78 is 11.0. The average molecular weight is 507 g/mol. The smallest absolute Gasteiger partial charge is 0.260 e. The first kappa shape index (κ1) is 24.4. The summed E-state index contributed by atoms with van der Waals surface area (Å²) in [7, 11) is 5.36. The highest BCUT2D eigenvalue weighted by Crippen LogP contribution is 2.38. The molecule has 3 aromatic rings. The molecule has 1 aromatic carbocycles. The summed E-state index contributed by atoms with van der Waals surface area (Å²) >= 11 is 0. The summed E-state index contributed by atoms with van der Waals surface area (Å²) in [5, 5.41) is 7.23. The number of nitrogens with zero attached hydrogens (tertiary/aromatic N) is 4. The van der Waals surface area contributed by atoms with Gasteiger partial charge in [0.2, 0.25) is 11.9 Å². The number of hydrogen-bond acceptors (Lipinski definition) is 9. The second kappa shape index (κ2) is 9.97. The molecule has 5 rings (SSSR count).